The Morgan fingerprint density at radius 1 is 1.27 bits per heavy atom. The summed E-state index contributed by atoms with van der Waals surface area (Å²) in [4.78, 5) is 7.29. The first kappa shape index (κ1) is 17.0. The van der Waals surface area contributed by atoms with Gasteiger partial charge < -0.3 is 9.64 Å². The molecule has 1 unspecified atom stereocenters. The van der Waals surface area contributed by atoms with Crippen LogP contribution in [0.25, 0.3) is 10.9 Å². The van der Waals surface area contributed by atoms with Crippen molar-refractivity contribution < 1.29 is 4.74 Å². The van der Waals surface area contributed by atoms with Crippen LogP contribution in [0.15, 0.2) is 42.7 Å². The second-order valence-corrected chi connectivity index (χ2v) is 7.08. The molecule has 0 bridgehead atoms. The fourth-order valence-corrected chi connectivity index (χ4v) is 3.68. The number of anilines is 1. The Bertz CT molecular complexity index is 889. The van der Waals surface area contributed by atoms with Gasteiger partial charge in [0.2, 0.25) is 0 Å². The zero-order valence-electron chi connectivity index (χ0n) is 15.6. The van der Waals surface area contributed by atoms with E-state index in [2.05, 4.69) is 60.4 Å². The standard InChI is InChI=1S/C21H26N4O/c1-3-6-17-11-21(19-7-4-5-8-20(19)23-17)24-9-10-26-18(14-24)15-25-13-16(2)12-22-25/h4-5,7-8,11-13,18H,3,6,9-10,14-15H2,1-2H3. The number of hydrogen-bond donors (Lipinski definition) is 0. The third-order valence-electron chi connectivity index (χ3n) is 4.89. The highest BCUT2D eigenvalue weighted by molar-refractivity contribution is 5.92. The lowest BCUT2D eigenvalue weighted by Crippen LogP contribution is -2.44. The number of para-hydroxylation sites is 1. The Morgan fingerprint density at radius 2 is 2.15 bits per heavy atom. The number of fused-ring (bicyclic) bond motifs is 1. The van der Waals surface area contributed by atoms with Gasteiger partial charge in [-0.05, 0) is 31.0 Å². The van der Waals surface area contributed by atoms with Gasteiger partial charge in [0.15, 0.2) is 0 Å². The summed E-state index contributed by atoms with van der Waals surface area (Å²) in [5.41, 5.74) is 4.72. The molecule has 5 nitrogen and oxygen atoms in total. The van der Waals surface area contributed by atoms with Crippen molar-refractivity contribution in [2.75, 3.05) is 24.6 Å². The second kappa shape index (κ2) is 7.46. The zero-order valence-corrected chi connectivity index (χ0v) is 15.6. The second-order valence-electron chi connectivity index (χ2n) is 7.08. The van der Waals surface area contributed by atoms with Crippen molar-refractivity contribution in [3.63, 3.8) is 0 Å². The van der Waals surface area contributed by atoms with Crippen molar-refractivity contribution in [2.24, 2.45) is 0 Å². The fraction of sp³-hybridized carbons (Fsp3) is 0.429. The topological polar surface area (TPSA) is 43.2 Å². The average Bonchev–Trinajstić information content (AvgIpc) is 3.06. The normalized spacial score (nSPS) is 17.8. The lowest BCUT2D eigenvalue weighted by molar-refractivity contribution is 0.0275. The van der Waals surface area contributed by atoms with Crippen LogP contribution in [0, 0.1) is 6.92 Å². The third kappa shape index (κ3) is 3.58. The summed E-state index contributed by atoms with van der Waals surface area (Å²) in [6.07, 6.45) is 6.23. The number of rotatable bonds is 5. The van der Waals surface area contributed by atoms with E-state index in [-0.39, 0.29) is 6.10 Å². The molecule has 5 heteroatoms. The third-order valence-corrected chi connectivity index (χ3v) is 4.89. The van der Waals surface area contributed by atoms with E-state index in [1.54, 1.807) is 0 Å². The number of nitrogens with zero attached hydrogens (tertiary/aromatic N) is 4. The van der Waals surface area contributed by atoms with Crippen molar-refractivity contribution in [1.29, 1.82) is 0 Å². The summed E-state index contributed by atoms with van der Waals surface area (Å²) in [6, 6.07) is 10.7. The van der Waals surface area contributed by atoms with Crippen LogP contribution < -0.4 is 4.90 Å². The van der Waals surface area contributed by atoms with Gasteiger partial charge in [-0.1, -0.05) is 31.5 Å². The zero-order chi connectivity index (χ0) is 17.9. The van der Waals surface area contributed by atoms with Crippen molar-refractivity contribution in [2.45, 2.75) is 39.3 Å². The summed E-state index contributed by atoms with van der Waals surface area (Å²) in [5.74, 6) is 0. The van der Waals surface area contributed by atoms with E-state index in [0.717, 1.165) is 44.6 Å². The van der Waals surface area contributed by atoms with Crippen LogP contribution in [0.3, 0.4) is 0 Å². The maximum atomic E-state index is 6.01. The van der Waals surface area contributed by atoms with Crippen LogP contribution in [0.2, 0.25) is 0 Å². The highest BCUT2D eigenvalue weighted by Crippen LogP contribution is 2.29. The first-order valence-corrected chi connectivity index (χ1v) is 9.47. The van der Waals surface area contributed by atoms with Crippen molar-refractivity contribution >= 4 is 16.6 Å². The molecule has 0 N–H and O–H groups in total. The number of pyridine rings is 1. The molecule has 1 aromatic carbocycles. The first-order valence-electron chi connectivity index (χ1n) is 9.47. The number of morpholine rings is 1. The van der Waals surface area contributed by atoms with Gasteiger partial charge in [0, 0.05) is 36.1 Å². The molecule has 1 aliphatic rings. The van der Waals surface area contributed by atoms with Crippen molar-refractivity contribution in [3.05, 3.63) is 54.0 Å². The van der Waals surface area contributed by atoms with Crippen molar-refractivity contribution in [3.8, 4) is 0 Å². The molecule has 1 atom stereocenters. The van der Waals surface area contributed by atoms with Gasteiger partial charge in [-0.3, -0.25) is 9.67 Å². The maximum absolute atomic E-state index is 6.01. The summed E-state index contributed by atoms with van der Waals surface area (Å²) in [5, 5.41) is 5.63. The van der Waals surface area contributed by atoms with Gasteiger partial charge in [0.1, 0.15) is 0 Å². The van der Waals surface area contributed by atoms with Gasteiger partial charge in [-0.15, -0.1) is 0 Å². The fourth-order valence-electron chi connectivity index (χ4n) is 3.68. The van der Waals surface area contributed by atoms with E-state index >= 15 is 0 Å². The minimum atomic E-state index is 0.143. The van der Waals surface area contributed by atoms with Crippen LogP contribution in [0.4, 0.5) is 5.69 Å². The Hall–Kier alpha value is -2.40. The lowest BCUT2D eigenvalue weighted by Gasteiger charge is -2.35. The van der Waals surface area contributed by atoms with Crippen LogP contribution >= 0.6 is 0 Å². The highest BCUT2D eigenvalue weighted by Gasteiger charge is 2.23. The first-order chi connectivity index (χ1) is 12.7. The van der Waals surface area contributed by atoms with E-state index in [4.69, 9.17) is 9.72 Å². The Labute approximate surface area is 154 Å². The van der Waals surface area contributed by atoms with Crippen LogP contribution in [-0.4, -0.2) is 40.6 Å². The molecular weight excluding hydrogens is 324 g/mol. The quantitative estimate of drug-likeness (QED) is 0.705. The summed E-state index contributed by atoms with van der Waals surface area (Å²) in [7, 11) is 0. The molecular formula is C21H26N4O. The summed E-state index contributed by atoms with van der Waals surface area (Å²) < 4.78 is 8.00. The molecule has 0 saturated carbocycles. The SMILES string of the molecule is CCCc1cc(N2CCOC(Cn3cc(C)cn3)C2)c2ccccc2n1. The van der Waals surface area contributed by atoms with Crippen molar-refractivity contribution in [1.82, 2.24) is 14.8 Å². The predicted octanol–water partition coefficient (Wildman–Crippen LogP) is 3.60. The van der Waals surface area contributed by atoms with Gasteiger partial charge >= 0.3 is 0 Å². The molecule has 3 aromatic rings. The Morgan fingerprint density at radius 3 is 2.96 bits per heavy atom. The van der Waals surface area contributed by atoms with Crippen LogP contribution in [0.1, 0.15) is 24.6 Å². The van der Waals surface area contributed by atoms with E-state index in [1.165, 1.54) is 22.3 Å². The molecule has 0 amide bonds. The summed E-state index contributed by atoms with van der Waals surface area (Å²) >= 11 is 0. The minimum Gasteiger partial charge on any atom is -0.373 e. The maximum Gasteiger partial charge on any atom is 0.0946 e. The highest BCUT2D eigenvalue weighted by atomic mass is 16.5. The van der Waals surface area contributed by atoms with Gasteiger partial charge in [0.05, 0.1) is 31.0 Å². The molecule has 2 aromatic heterocycles. The van der Waals surface area contributed by atoms with E-state index < -0.39 is 0 Å². The molecule has 0 radical (unpaired) electrons. The largest absolute Gasteiger partial charge is 0.373 e. The number of ether oxygens (including phenoxy) is 1. The minimum absolute atomic E-state index is 0.143. The molecule has 26 heavy (non-hydrogen) atoms. The van der Waals surface area contributed by atoms with Gasteiger partial charge in [-0.25, -0.2) is 0 Å². The average molecular weight is 350 g/mol. The molecule has 0 spiro atoms. The van der Waals surface area contributed by atoms with E-state index in [1.807, 2.05) is 10.9 Å². The molecule has 1 aliphatic heterocycles. The number of aromatic nitrogens is 3. The monoisotopic (exact) mass is 350 g/mol. The number of aryl methyl sites for hydroxylation is 2. The molecule has 3 heterocycles. The number of hydrogen-bond acceptors (Lipinski definition) is 4. The smallest absolute Gasteiger partial charge is 0.0946 e. The van der Waals surface area contributed by atoms with Gasteiger partial charge in [0.25, 0.3) is 0 Å². The number of benzene rings is 1. The summed E-state index contributed by atoms with van der Waals surface area (Å²) in [6.45, 7) is 7.58. The van der Waals surface area contributed by atoms with Crippen LogP contribution in [-0.2, 0) is 17.7 Å². The van der Waals surface area contributed by atoms with Crippen LogP contribution in [0.5, 0.6) is 0 Å². The lowest BCUT2D eigenvalue weighted by atomic mass is 10.1. The molecule has 4 rings (SSSR count). The molecule has 0 aliphatic carbocycles. The molecule has 136 valence electrons. The predicted molar refractivity (Wildman–Crippen MR) is 105 cm³/mol. The Kier molecular flexibility index (Phi) is 4.89. The van der Waals surface area contributed by atoms with Gasteiger partial charge in [-0.2, -0.15) is 5.10 Å². The van der Waals surface area contributed by atoms with E-state index in [0.29, 0.717) is 0 Å². The Balaban J connectivity index is 1.61. The van der Waals surface area contributed by atoms with E-state index in [9.17, 15) is 0 Å². The molecule has 1 saturated heterocycles. The molecule has 1 fully saturated rings.